The van der Waals surface area contributed by atoms with Gasteiger partial charge in [0.15, 0.2) is 0 Å². The van der Waals surface area contributed by atoms with Crippen LogP contribution in [0.2, 0.25) is 0 Å². The molecule has 0 atom stereocenters. The van der Waals surface area contributed by atoms with E-state index in [1.54, 1.807) is 12.4 Å². The Morgan fingerprint density at radius 3 is 2.77 bits per heavy atom. The van der Waals surface area contributed by atoms with Crippen LogP contribution < -0.4 is 4.90 Å². The first-order valence-corrected chi connectivity index (χ1v) is 7.45. The maximum absolute atomic E-state index is 13.5. The summed E-state index contributed by atoms with van der Waals surface area (Å²) in [5.74, 6) is 0.568. The van der Waals surface area contributed by atoms with Gasteiger partial charge in [0.1, 0.15) is 18.0 Å². The Morgan fingerprint density at radius 1 is 1.14 bits per heavy atom. The Balaban J connectivity index is 1.60. The van der Waals surface area contributed by atoms with Gasteiger partial charge in [-0.1, -0.05) is 0 Å². The van der Waals surface area contributed by atoms with E-state index in [9.17, 15) is 4.39 Å². The van der Waals surface area contributed by atoms with Gasteiger partial charge in [0, 0.05) is 30.9 Å². The molecule has 0 N–H and O–H groups in total. The lowest BCUT2D eigenvalue weighted by Gasteiger charge is -2.33. The molecule has 1 fully saturated rings. The normalized spacial score (nSPS) is 16.3. The molecule has 6 heteroatoms. The third-order valence-electron chi connectivity index (χ3n) is 4.24. The average Bonchev–Trinajstić information content (AvgIpc) is 3.09. The molecule has 112 valence electrons. The van der Waals surface area contributed by atoms with E-state index in [4.69, 9.17) is 0 Å². The van der Waals surface area contributed by atoms with Crippen molar-refractivity contribution < 1.29 is 4.39 Å². The zero-order chi connectivity index (χ0) is 14.9. The van der Waals surface area contributed by atoms with Crippen molar-refractivity contribution in [2.75, 3.05) is 18.0 Å². The van der Waals surface area contributed by atoms with Crippen molar-refractivity contribution in [1.82, 2.24) is 19.7 Å². The molecule has 22 heavy (non-hydrogen) atoms. The number of hydrogen-bond acceptors (Lipinski definition) is 4. The molecule has 1 aromatic carbocycles. The van der Waals surface area contributed by atoms with Gasteiger partial charge >= 0.3 is 0 Å². The lowest BCUT2D eigenvalue weighted by atomic mass is 10.0. The predicted octanol–water partition coefficient (Wildman–Crippen LogP) is 2.81. The minimum absolute atomic E-state index is 0.255. The van der Waals surface area contributed by atoms with Gasteiger partial charge in [0.25, 0.3) is 0 Å². The number of hydrogen-bond donors (Lipinski definition) is 0. The number of halogens is 1. The fourth-order valence-corrected chi connectivity index (χ4v) is 3.11. The molecule has 0 saturated carbocycles. The first-order chi connectivity index (χ1) is 10.8. The second kappa shape index (κ2) is 5.36. The fourth-order valence-electron chi connectivity index (χ4n) is 3.11. The Bertz CT molecular complexity index is 778. The van der Waals surface area contributed by atoms with E-state index in [1.807, 2.05) is 23.1 Å². The largest absolute Gasteiger partial charge is 0.356 e. The summed E-state index contributed by atoms with van der Waals surface area (Å²) in [4.78, 5) is 10.8. The molecule has 3 aromatic rings. The molecule has 3 heterocycles. The van der Waals surface area contributed by atoms with Crippen molar-refractivity contribution in [3.05, 3.63) is 48.8 Å². The molecule has 0 bridgehead atoms. The van der Waals surface area contributed by atoms with Crippen molar-refractivity contribution in [2.24, 2.45) is 0 Å². The number of piperidine rings is 1. The van der Waals surface area contributed by atoms with Crippen molar-refractivity contribution >= 4 is 16.7 Å². The Kier molecular flexibility index (Phi) is 3.21. The van der Waals surface area contributed by atoms with Crippen LogP contribution in [0.25, 0.3) is 10.9 Å². The van der Waals surface area contributed by atoms with E-state index < -0.39 is 0 Å². The summed E-state index contributed by atoms with van der Waals surface area (Å²) < 4.78 is 15.6. The van der Waals surface area contributed by atoms with Crippen LogP contribution in [0, 0.1) is 5.82 Å². The summed E-state index contributed by atoms with van der Waals surface area (Å²) in [6.45, 7) is 1.76. The van der Waals surface area contributed by atoms with E-state index in [-0.39, 0.29) is 5.82 Å². The topological polar surface area (TPSA) is 46.8 Å². The van der Waals surface area contributed by atoms with Gasteiger partial charge in [-0.05, 0) is 37.1 Å². The van der Waals surface area contributed by atoms with E-state index in [0.29, 0.717) is 6.04 Å². The number of aromatic nitrogens is 4. The summed E-state index contributed by atoms with van der Waals surface area (Å²) in [6.07, 6.45) is 7.38. The number of rotatable bonds is 2. The molecule has 1 saturated heterocycles. The predicted molar refractivity (Wildman–Crippen MR) is 82.2 cm³/mol. The molecular weight excluding hydrogens is 281 g/mol. The van der Waals surface area contributed by atoms with Crippen LogP contribution in [0.5, 0.6) is 0 Å². The molecule has 1 aliphatic heterocycles. The maximum atomic E-state index is 13.5. The molecule has 1 aliphatic rings. The van der Waals surface area contributed by atoms with Crippen LogP contribution in [0.3, 0.4) is 0 Å². The molecule has 0 amide bonds. The van der Waals surface area contributed by atoms with Gasteiger partial charge in [-0.3, -0.25) is 4.68 Å². The third-order valence-corrected chi connectivity index (χ3v) is 4.24. The van der Waals surface area contributed by atoms with Crippen molar-refractivity contribution in [2.45, 2.75) is 18.9 Å². The molecule has 0 aliphatic carbocycles. The lowest BCUT2D eigenvalue weighted by Crippen LogP contribution is -2.35. The van der Waals surface area contributed by atoms with Gasteiger partial charge in [-0.15, -0.1) is 0 Å². The highest BCUT2D eigenvalue weighted by Crippen LogP contribution is 2.29. The average molecular weight is 297 g/mol. The maximum Gasteiger partial charge on any atom is 0.139 e. The number of anilines is 1. The fraction of sp³-hybridized carbons (Fsp3) is 0.312. The minimum Gasteiger partial charge on any atom is -0.356 e. The molecule has 0 radical (unpaired) electrons. The van der Waals surface area contributed by atoms with Gasteiger partial charge in [-0.2, -0.15) is 5.10 Å². The molecular formula is C16H16FN5. The van der Waals surface area contributed by atoms with Gasteiger partial charge in [0.2, 0.25) is 0 Å². The highest BCUT2D eigenvalue weighted by molar-refractivity contribution is 5.89. The lowest BCUT2D eigenvalue weighted by molar-refractivity contribution is 0.366. The number of nitrogens with zero attached hydrogens (tertiary/aromatic N) is 5. The SMILES string of the molecule is Fc1ccc2ncnc(N3CCC(n4cccn4)CC3)c2c1. The van der Waals surface area contributed by atoms with E-state index in [1.165, 1.54) is 12.1 Å². The van der Waals surface area contributed by atoms with E-state index in [2.05, 4.69) is 20.0 Å². The van der Waals surface area contributed by atoms with Gasteiger partial charge in [-0.25, -0.2) is 14.4 Å². The van der Waals surface area contributed by atoms with Crippen LogP contribution in [-0.2, 0) is 0 Å². The number of fused-ring (bicyclic) bond motifs is 1. The zero-order valence-corrected chi connectivity index (χ0v) is 12.1. The molecule has 5 nitrogen and oxygen atoms in total. The third kappa shape index (κ3) is 2.30. The minimum atomic E-state index is -0.255. The van der Waals surface area contributed by atoms with Crippen LogP contribution in [0.4, 0.5) is 10.2 Å². The quantitative estimate of drug-likeness (QED) is 0.730. The Hall–Kier alpha value is -2.50. The van der Waals surface area contributed by atoms with Crippen LogP contribution in [0.15, 0.2) is 43.0 Å². The summed E-state index contributed by atoms with van der Waals surface area (Å²) in [5.41, 5.74) is 0.778. The Morgan fingerprint density at radius 2 is 2.00 bits per heavy atom. The van der Waals surface area contributed by atoms with E-state index in [0.717, 1.165) is 42.7 Å². The first-order valence-electron chi connectivity index (χ1n) is 7.45. The van der Waals surface area contributed by atoms with Crippen molar-refractivity contribution in [3.63, 3.8) is 0 Å². The highest BCUT2D eigenvalue weighted by Gasteiger charge is 2.23. The number of benzene rings is 1. The second-order valence-corrected chi connectivity index (χ2v) is 5.56. The first kappa shape index (κ1) is 13.2. The molecule has 2 aromatic heterocycles. The smallest absolute Gasteiger partial charge is 0.139 e. The van der Waals surface area contributed by atoms with Crippen molar-refractivity contribution in [3.8, 4) is 0 Å². The highest BCUT2D eigenvalue weighted by atomic mass is 19.1. The molecule has 0 unspecified atom stereocenters. The van der Waals surface area contributed by atoms with Crippen LogP contribution >= 0.6 is 0 Å². The van der Waals surface area contributed by atoms with Gasteiger partial charge < -0.3 is 4.90 Å². The standard InChI is InChI=1S/C16H16FN5/c17-12-2-3-15-14(10-12)16(19-11-18-15)21-8-4-13(5-9-21)22-7-1-6-20-22/h1-3,6-7,10-11,13H,4-5,8-9H2. The summed E-state index contributed by atoms with van der Waals surface area (Å²) in [5, 5.41) is 5.10. The molecule has 4 rings (SSSR count). The zero-order valence-electron chi connectivity index (χ0n) is 12.1. The van der Waals surface area contributed by atoms with Crippen molar-refractivity contribution in [1.29, 1.82) is 0 Å². The van der Waals surface area contributed by atoms with E-state index >= 15 is 0 Å². The van der Waals surface area contributed by atoms with Crippen LogP contribution in [-0.4, -0.2) is 32.8 Å². The summed E-state index contributed by atoms with van der Waals surface area (Å²) >= 11 is 0. The molecule has 0 spiro atoms. The summed E-state index contributed by atoms with van der Waals surface area (Å²) in [6, 6.07) is 7.03. The summed E-state index contributed by atoms with van der Waals surface area (Å²) in [7, 11) is 0. The monoisotopic (exact) mass is 297 g/mol. The van der Waals surface area contributed by atoms with Gasteiger partial charge in [0.05, 0.1) is 11.6 Å². The van der Waals surface area contributed by atoms with Crippen LogP contribution in [0.1, 0.15) is 18.9 Å². The second-order valence-electron chi connectivity index (χ2n) is 5.56. The Labute approximate surface area is 127 Å².